The summed E-state index contributed by atoms with van der Waals surface area (Å²) in [5.41, 5.74) is 4.93. The number of hydrogen-bond acceptors (Lipinski definition) is 3. The summed E-state index contributed by atoms with van der Waals surface area (Å²) in [5, 5.41) is 4.35. The van der Waals surface area contributed by atoms with E-state index in [1.165, 1.54) is 18.2 Å². The highest BCUT2D eigenvalue weighted by Gasteiger charge is 2.22. The minimum Gasteiger partial charge on any atom is -0.459 e. The maximum atomic E-state index is 11.9. The molecule has 108 valence electrons. The summed E-state index contributed by atoms with van der Waals surface area (Å²) >= 11 is 0. The third-order valence-corrected chi connectivity index (χ3v) is 3.83. The Kier molecular flexibility index (Phi) is 4.15. The molecule has 2 aromatic rings. The molecule has 1 aliphatic rings. The Labute approximate surface area is 123 Å². The van der Waals surface area contributed by atoms with Crippen LogP contribution < -0.4 is 5.43 Å². The number of furan rings is 1. The average Bonchev–Trinajstić information content (AvgIpc) is 3.08. The third-order valence-electron chi connectivity index (χ3n) is 3.83. The Balaban J connectivity index is 1.75. The van der Waals surface area contributed by atoms with Crippen LogP contribution in [0.4, 0.5) is 0 Å². The molecule has 1 fully saturated rings. The molecular weight excluding hydrogens is 264 g/mol. The van der Waals surface area contributed by atoms with E-state index < -0.39 is 0 Å². The summed E-state index contributed by atoms with van der Waals surface area (Å²) in [6, 6.07) is 13.7. The van der Waals surface area contributed by atoms with E-state index in [9.17, 15) is 4.79 Å². The van der Waals surface area contributed by atoms with E-state index in [1.807, 2.05) is 18.2 Å². The average molecular weight is 282 g/mol. The summed E-state index contributed by atoms with van der Waals surface area (Å²) in [6.45, 7) is 0. The van der Waals surface area contributed by atoms with Gasteiger partial charge in [-0.3, -0.25) is 4.79 Å². The maximum Gasteiger partial charge on any atom is 0.307 e. The first-order chi connectivity index (χ1) is 10.3. The van der Waals surface area contributed by atoms with Gasteiger partial charge in [-0.2, -0.15) is 5.10 Å². The highest BCUT2D eigenvalue weighted by atomic mass is 16.3. The summed E-state index contributed by atoms with van der Waals surface area (Å²) < 4.78 is 5.07. The molecule has 4 heteroatoms. The molecular formula is C17H18N2O2. The molecule has 1 amide bonds. The van der Waals surface area contributed by atoms with E-state index in [2.05, 4.69) is 22.7 Å². The van der Waals surface area contributed by atoms with Crippen LogP contribution in [0.1, 0.15) is 47.7 Å². The van der Waals surface area contributed by atoms with Crippen molar-refractivity contribution in [1.82, 2.24) is 5.43 Å². The van der Waals surface area contributed by atoms with Crippen LogP contribution >= 0.6 is 0 Å². The van der Waals surface area contributed by atoms with Crippen LogP contribution in [0.5, 0.6) is 0 Å². The number of hydrogen-bond donors (Lipinski definition) is 1. The quantitative estimate of drug-likeness (QED) is 0.872. The van der Waals surface area contributed by atoms with Gasteiger partial charge >= 0.3 is 5.91 Å². The van der Waals surface area contributed by atoms with Crippen LogP contribution in [0.25, 0.3) is 0 Å². The van der Waals surface area contributed by atoms with Crippen molar-refractivity contribution in [3.05, 3.63) is 60.1 Å². The van der Waals surface area contributed by atoms with E-state index in [0.29, 0.717) is 5.92 Å². The van der Waals surface area contributed by atoms with Gasteiger partial charge in [0, 0.05) is 11.6 Å². The molecule has 1 N–H and O–H groups in total. The molecule has 1 saturated carbocycles. The lowest BCUT2D eigenvalue weighted by Gasteiger charge is -2.24. The fraction of sp³-hybridized carbons (Fsp3) is 0.294. The molecule has 21 heavy (non-hydrogen) atoms. The van der Waals surface area contributed by atoms with Crippen molar-refractivity contribution < 1.29 is 9.21 Å². The van der Waals surface area contributed by atoms with Gasteiger partial charge in [-0.1, -0.05) is 36.8 Å². The first-order valence-electron chi connectivity index (χ1n) is 7.30. The van der Waals surface area contributed by atoms with E-state index in [0.717, 1.165) is 25.0 Å². The Morgan fingerprint density at radius 1 is 1.14 bits per heavy atom. The number of nitrogens with one attached hydrogen (secondary N) is 1. The number of hydrazone groups is 1. The zero-order valence-corrected chi connectivity index (χ0v) is 11.8. The molecule has 0 bridgehead atoms. The molecule has 0 saturated heterocycles. The van der Waals surface area contributed by atoms with Crippen LogP contribution in [-0.4, -0.2) is 11.6 Å². The van der Waals surface area contributed by atoms with E-state index in [4.69, 9.17) is 4.42 Å². The lowest BCUT2D eigenvalue weighted by atomic mass is 9.82. The lowest BCUT2D eigenvalue weighted by molar-refractivity contribution is 0.0927. The van der Waals surface area contributed by atoms with Crippen molar-refractivity contribution in [2.24, 2.45) is 5.10 Å². The number of rotatable bonds is 3. The molecule has 4 nitrogen and oxygen atoms in total. The van der Waals surface area contributed by atoms with Crippen molar-refractivity contribution >= 4 is 11.6 Å². The fourth-order valence-corrected chi connectivity index (χ4v) is 2.76. The molecule has 0 radical (unpaired) electrons. The molecule has 1 aliphatic carbocycles. The zero-order chi connectivity index (χ0) is 14.5. The van der Waals surface area contributed by atoms with Crippen LogP contribution in [0.2, 0.25) is 0 Å². The Morgan fingerprint density at radius 3 is 2.76 bits per heavy atom. The van der Waals surface area contributed by atoms with Crippen molar-refractivity contribution in [2.45, 2.75) is 31.6 Å². The number of benzene rings is 1. The predicted molar refractivity (Wildman–Crippen MR) is 81.3 cm³/mol. The van der Waals surface area contributed by atoms with Gasteiger partial charge in [0.05, 0.1) is 6.26 Å². The van der Waals surface area contributed by atoms with Gasteiger partial charge in [0.2, 0.25) is 0 Å². The van der Waals surface area contributed by atoms with Gasteiger partial charge < -0.3 is 4.42 Å². The standard InChI is InChI=1S/C17H18N2O2/c20-17(16-11-6-12-21-16)19-18-15-10-5-4-9-14(15)13-7-2-1-3-8-13/h1-3,6-8,11-12,14H,4-5,9-10H2,(H,19,20)/t14-/m1/s1. The van der Waals surface area contributed by atoms with Crippen LogP contribution in [0.3, 0.4) is 0 Å². The van der Waals surface area contributed by atoms with Crippen LogP contribution in [-0.2, 0) is 0 Å². The normalized spacial score (nSPS) is 20.4. The van der Waals surface area contributed by atoms with Crippen molar-refractivity contribution in [1.29, 1.82) is 0 Å². The molecule has 1 heterocycles. The second-order valence-electron chi connectivity index (χ2n) is 5.23. The molecule has 0 spiro atoms. The molecule has 1 aromatic heterocycles. The summed E-state index contributed by atoms with van der Waals surface area (Å²) in [4.78, 5) is 11.9. The summed E-state index contributed by atoms with van der Waals surface area (Å²) in [5.74, 6) is 0.285. The minimum absolute atomic E-state index is 0.284. The van der Waals surface area contributed by atoms with Gasteiger partial charge in [0.15, 0.2) is 5.76 Å². The second kappa shape index (κ2) is 6.39. The first kappa shape index (κ1) is 13.6. The maximum absolute atomic E-state index is 11.9. The highest BCUT2D eigenvalue weighted by molar-refractivity contribution is 5.95. The number of nitrogens with zero attached hydrogens (tertiary/aromatic N) is 1. The predicted octanol–water partition coefficient (Wildman–Crippen LogP) is 3.72. The second-order valence-corrected chi connectivity index (χ2v) is 5.23. The highest BCUT2D eigenvalue weighted by Crippen LogP contribution is 2.30. The van der Waals surface area contributed by atoms with E-state index in [-0.39, 0.29) is 11.7 Å². The summed E-state index contributed by atoms with van der Waals surface area (Å²) in [6.07, 6.45) is 5.82. The van der Waals surface area contributed by atoms with Crippen molar-refractivity contribution in [2.75, 3.05) is 0 Å². The fourth-order valence-electron chi connectivity index (χ4n) is 2.76. The number of amides is 1. The van der Waals surface area contributed by atoms with Gasteiger partial charge in [0.1, 0.15) is 0 Å². The lowest BCUT2D eigenvalue weighted by Crippen LogP contribution is -2.24. The zero-order valence-electron chi connectivity index (χ0n) is 11.8. The molecule has 1 atom stereocenters. The van der Waals surface area contributed by atoms with Gasteiger partial charge in [-0.05, 0) is 37.0 Å². The molecule has 0 aliphatic heterocycles. The molecule has 1 aromatic carbocycles. The van der Waals surface area contributed by atoms with Crippen LogP contribution in [0.15, 0.2) is 58.2 Å². The Morgan fingerprint density at radius 2 is 2.00 bits per heavy atom. The van der Waals surface area contributed by atoms with Gasteiger partial charge in [-0.15, -0.1) is 0 Å². The Bertz CT molecular complexity index is 618. The smallest absolute Gasteiger partial charge is 0.307 e. The van der Waals surface area contributed by atoms with Gasteiger partial charge in [-0.25, -0.2) is 5.43 Å². The van der Waals surface area contributed by atoms with Gasteiger partial charge in [0.25, 0.3) is 0 Å². The summed E-state index contributed by atoms with van der Waals surface area (Å²) in [7, 11) is 0. The SMILES string of the molecule is O=C(NN=C1CCCC[C@@H]1c1ccccc1)c1ccco1. The Hall–Kier alpha value is -2.36. The van der Waals surface area contributed by atoms with E-state index in [1.54, 1.807) is 12.1 Å². The number of carbonyl (C=O) groups is 1. The monoisotopic (exact) mass is 282 g/mol. The molecule has 3 rings (SSSR count). The largest absolute Gasteiger partial charge is 0.459 e. The first-order valence-corrected chi connectivity index (χ1v) is 7.30. The van der Waals surface area contributed by atoms with Crippen molar-refractivity contribution in [3.63, 3.8) is 0 Å². The number of carbonyl (C=O) groups excluding carboxylic acids is 1. The topological polar surface area (TPSA) is 54.6 Å². The third kappa shape index (κ3) is 3.21. The van der Waals surface area contributed by atoms with Crippen LogP contribution in [0, 0.1) is 0 Å². The van der Waals surface area contributed by atoms with Crippen molar-refractivity contribution in [3.8, 4) is 0 Å². The minimum atomic E-state index is -0.301. The molecule has 0 unspecified atom stereocenters. The van der Waals surface area contributed by atoms with E-state index >= 15 is 0 Å².